The topological polar surface area (TPSA) is 90.0 Å². The van der Waals surface area contributed by atoms with Crippen LogP contribution in [0.25, 0.3) is 0 Å². The maximum Gasteiger partial charge on any atom is 0.321 e. The van der Waals surface area contributed by atoms with E-state index in [0.29, 0.717) is 37.3 Å². The fraction of sp³-hybridized carbons (Fsp3) is 0.526. The Morgan fingerprint density at radius 1 is 1.19 bits per heavy atom. The van der Waals surface area contributed by atoms with E-state index in [0.717, 1.165) is 0 Å². The van der Waals surface area contributed by atoms with Crippen molar-refractivity contribution >= 4 is 23.6 Å². The number of carboxylic acids is 1. The Kier molecular flexibility index (Phi) is 6.60. The molecule has 1 aliphatic heterocycles. The third kappa shape index (κ3) is 4.53. The van der Waals surface area contributed by atoms with Gasteiger partial charge in [-0.2, -0.15) is 0 Å². The number of piperidine rings is 1. The molecular weight excluding hydrogens is 334 g/mol. The lowest BCUT2D eigenvalue weighted by Gasteiger charge is -2.34. The van der Waals surface area contributed by atoms with Gasteiger partial charge in [0.1, 0.15) is 0 Å². The summed E-state index contributed by atoms with van der Waals surface area (Å²) in [4.78, 5) is 39.8. The van der Waals surface area contributed by atoms with Crippen molar-refractivity contribution in [2.45, 2.75) is 27.2 Å². The second kappa shape index (κ2) is 8.69. The summed E-state index contributed by atoms with van der Waals surface area (Å²) >= 11 is 0. The molecule has 0 bridgehead atoms. The van der Waals surface area contributed by atoms with Gasteiger partial charge in [-0.1, -0.05) is 19.1 Å². The molecule has 0 aliphatic carbocycles. The monoisotopic (exact) mass is 361 g/mol. The highest BCUT2D eigenvalue weighted by Gasteiger charge is 2.32. The molecule has 2 rings (SSSR count). The van der Waals surface area contributed by atoms with Crippen molar-refractivity contribution in [3.63, 3.8) is 0 Å². The highest BCUT2D eigenvalue weighted by Crippen LogP contribution is 2.24. The van der Waals surface area contributed by atoms with Gasteiger partial charge in [-0.25, -0.2) is 4.79 Å². The van der Waals surface area contributed by atoms with Gasteiger partial charge in [0.05, 0.1) is 17.2 Å². The van der Waals surface area contributed by atoms with Gasteiger partial charge in [-0.3, -0.25) is 9.59 Å². The second-order valence-electron chi connectivity index (χ2n) is 6.73. The normalized spacial score (nSPS) is 19.7. The summed E-state index contributed by atoms with van der Waals surface area (Å²) in [7, 11) is 0. The minimum Gasteiger partial charge on any atom is -0.481 e. The molecule has 7 nitrogen and oxygen atoms in total. The highest BCUT2D eigenvalue weighted by molar-refractivity contribution is 6.03. The second-order valence-corrected chi connectivity index (χ2v) is 6.73. The predicted molar refractivity (Wildman–Crippen MR) is 99.2 cm³/mol. The number of carbonyl (C=O) groups excluding carboxylic acids is 2. The molecule has 1 aromatic carbocycles. The molecule has 26 heavy (non-hydrogen) atoms. The number of nitrogens with one attached hydrogen (secondary N) is 1. The summed E-state index contributed by atoms with van der Waals surface area (Å²) in [6.45, 7) is 7.60. The Morgan fingerprint density at radius 3 is 2.46 bits per heavy atom. The summed E-state index contributed by atoms with van der Waals surface area (Å²) in [5, 5.41) is 12.1. The van der Waals surface area contributed by atoms with Gasteiger partial charge in [0.15, 0.2) is 0 Å². The van der Waals surface area contributed by atoms with Crippen molar-refractivity contribution in [3.8, 4) is 0 Å². The number of carboxylic acid groups (broad SMARTS) is 1. The van der Waals surface area contributed by atoms with Crippen molar-refractivity contribution in [2.24, 2.45) is 11.8 Å². The van der Waals surface area contributed by atoms with Gasteiger partial charge >= 0.3 is 12.0 Å². The van der Waals surface area contributed by atoms with Crippen LogP contribution in [0, 0.1) is 11.8 Å². The van der Waals surface area contributed by atoms with Crippen molar-refractivity contribution in [1.29, 1.82) is 0 Å². The fourth-order valence-electron chi connectivity index (χ4n) is 3.35. The molecule has 0 radical (unpaired) electrons. The van der Waals surface area contributed by atoms with Gasteiger partial charge in [-0.15, -0.1) is 0 Å². The zero-order valence-corrected chi connectivity index (χ0v) is 15.6. The zero-order chi connectivity index (χ0) is 19.3. The first-order valence-corrected chi connectivity index (χ1v) is 9.04. The Labute approximate surface area is 154 Å². The molecule has 0 spiro atoms. The fourth-order valence-corrected chi connectivity index (χ4v) is 3.35. The Bertz CT molecular complexity index is 673. The molecule has 1 fully saturated rings. The van der Waals surface area contributed by atoms with Crippen LogP contribution in [0.2, 0.25) is 0 Å². The minimum atomic E-state index is -0.883. The Balaban J connectivity index is 2.16. The van der Waals surface area contributed by atoms with E-state index in [4.69, 9.17) is 0 Å². The molecule has 3 amide bonds. The number of hydrogen-bond donors (Lipinski definition) is 2. The number of aliphatic carboxylic acids is 1. The van der Waals surface area contributed by atoms with Crippen LogP contribution < -0.4 is 5.32 Å². The van der Waals surface area contributed by atoms with Gasteiger partial charge in [0, 0.05) is 26.2 Å². The van der Waals surface area contributed by atoms with Crippen LogP contribution in [0.4, 0.5) is 10.5 Å². The third-order valence-corrected chi connectivity index (χ3v) is 4.75. The van der Waals surface area contributed by atoms with Crippen LogP contribution in [-0.2, 0) is 4.79 Å². The SMILES string of the molecule is CCN(CC)C(=O)c1ccccc1NC(=O)N1CC(C)CC(C(=O)O)C1. The number of para-hydroxylation sites is 1. The largest absolute Gasteiger partial charge is 0.481 e. The molecule has 0 saturated carbocycles. The van der Waals surface area contributed by atoms with E-state index >= 15 is 0 Å². The number of anilines is 1. The predicted octanol–water partition coefficient (Wildman–Crippen LogP) is 2.74. The Hall–Kier alpha value is -2.57. The molecule has 1 aromatic rings. The maximum atomic E-state index is 12.7. The van der Waals surface area contributed by atoms with Crippen LogP contribution in [0.5, 0.6) is 0 Å². The van der Waals surface area contributed by atoms with Crippen LogP contribution in [-0.4, -0.2) is 59.0 Å². The quantitative estimate of drug-likeness (QED) is 0.844. The number of likely N-dealkylation sites (tertiary alicyclic amines) is 1. The van der Waals surface area contributed by atoms with Crippen molar-refractivity contribution in [1.82, 2.24) is 9.80 Å². The minimum absolute atomic E-state index is 0.114. The maximum absolute atomic E-state index is 12.7. The number of benzene rings is 1. The van der Waals surface area contributed by atoms with E-state index in [1.54, 1.807) is 29.2 Å². The summed E-state index contributed by atoms with van der Waals surface area (Å²) < 4.78 is 0. The van der Waals surface area contributed by atoms with Crippen molar-refractivity contribution < 1.29 is 19.5 Å². The van der Waals surface area contributed by atoms with Crippen molar-refractivity contribution in [2.75, 3.05) is 31.5 Å². The molecule has 1 saturated heterocycles. The molecular formula is C19H27N3O4. The van der Waals surface area contributed by atoms with Crippen LogP contribution in [0.1, 0.15) is 37.6 Å². The first-order valence-electron chi connectivity index (χ1n) is 9.04. The highest BCUT2D eigenvalue weighted by atomic mass is 16.4. The average Bonchev–Trinajstić information content (AvgIpc) is 2.62. The summed E-state index contributed by atoms with van der Waals surface area (Å²) in [6, 6.07) is 6.53. The third-order valence-electron chi connectivity index (χ3n) is 4.75. The van der Waals surface area contributed by atoms with Crippen molar-refractivity contribution in [3.05, 3.63) is 29.8 Å². The molecule has 2 atom stereocenters. The lowest BCUT2D eigenvalue weighted by Crippen LogP contribution is -2.47. The summed E-state index contributed by atoms with van der Waals surface area (Å²) in [5.74, 6) is -1.46. The number of hydrogen-bond acceptors (Lipinski definition) is 3. The number of rotatable bonds is 5. The van der Waals surface area contributed by atoms with Crippen LogP contribution in [0.15, 0.2) is 24.3 Å². The molecule has 1 heterocycles. The first kappa shape index (κ1) is 19.8. The molecule has 0 aromatic heterocycles. The van der Waals surface area contributed by atoms with E-state index in [2.05, 4.69) is 5.32 Å². The molecule has 1 aliphatic rings. The van der Waals surface area contributed by atoms with Crippen LogP contribution >= 0.6 is 0 Å². The van der Waals surface area contributed by atoms with Gasteiger partial charge in [-0.05, 0) is 38.3 Å². The molecule has 142 valence electrons. The van der Waals surface area contributed by atoms with E-state index < -0.39 is 11.9 Å². The molecule has 2 N–H and O–H groups in total. The number of nitrogens with zero attached hydrogens (tertiary/aromatic N) is 2. The average molecular weight is 361 g/mol. The van der Waals surface area contributed by atoms with E-state index in [1.165, 1.54) is 4.90 Å². The molecule has 2 unspecified atom stereocenters. The van der Waals surface area contributed by atoms with Gasteiger partial charge in [0.2, 0.25) is 0 Å². The Morgan fingerprint density at radius 2 is 1.85 bits per heavy atom. The van der Waals surface area contributed by atoms with Crippen LogP contribution in [0.3, 0.4) is 0 Å². The van der Waals surface area contributed by atoms with E-state index in [-0.39, 0.29) is 24.4 Å². The summed E-state index contributed by atoms with van der Waals surface area (Å²) in [6.07, 6.45) is 0.566. The van der Waals surface area contributed by atoms with Gasteiger partial charge < -0.3 is 20.2 Å². The summed E-state index contributed by atoms with van der Waals surface area (Å²) in [5.41, 5.74) is 0.879. The first-order chi connectivity index (χ1) is 12.4. The zero-order valence-electron chi connectivity index (χ0n) is 15.6. The lowest BCUT2D eigenvalue weighted by molar-refractivity contribution is -0.143. The number of amides is 3. The number of carbonyl (C=O) groups is 3. The number of urea groups is 1. The van der Waals surface area contributed by atoms with E-state index in [9.17, 15) is 19.5 Å². The van der Waals surface area contributed by atoms with E-state index in [1.807, 2.05) is 20.8 Å². The standard InChI is InChI=1S/C19H27N3O4/c1-4-21(5-2)17(23)15-8-6-7-9-16(15)20-19(26)22-11-13(3)10-14(12-22)18(24)25/h6-9,13-14H,4-5,10-12H2,1-3H3,(H,20,26)(H,24,25). The van der Waals surface area contributed by atoms with Gasteiger partial charge in [0.25, 0.3) is 5.91 Å². The molecule has 7 heteroatoms. The lowest BCUT2D eigenvalue weighted by atomic mass is 9.91. The smallest absolute Gasteiger partial charge is 0.321 e.